The van der Waals surface area contributed by atoms with Crippen molar-refractivity contribution in [3.05, 3.63) is 17.7 Å². The van der Waals surface area contributed by atoms with Gasteiger partial charge in [-0.2, -0.15) is 0 Å². The van der Waals surface area contributed by atoms with Crippen molar-refractivity contribution in [3.63, 3.8) is 0 Å². The Labute approximate surface area is 119 Å². The van der Waals surface area contributed by atoms with Gasteiger partial charge in [-0.05, 0) is 17.7 Å². The second-order valence-electron chi connectivity index (χ2n) is 4.19. The first-order chi connectivity index (χ1) is 9.32. The van der Waals surface area contributed by atoms with Crippen LogP contribution in [0, 0.1) is 0 Å². The van der Waals surface area contributed by atoms with Crippen LogP contribution >= 0.6 is 0 Å². The molecule has 1 unspecified atom stereocenters. The number of benzene rings is 1. The van der Waals surface area contributed by atoms with E-state index >= 15 is 0 Å². The van der Waals surface area contributed by atoms with E-state index in [1.54, 1.807) is 0 Å². The molecule has 20 heavy (non-hydrogen) atoms. The zero-order chi connectivity index (χ0) is 15.3. The van der Waals surface area contributed by atoms with Gasteiger partial charge in [0.1, 0.15) is 17.2 Å². The summed E-state index contributed by atoms with van der Waals surface area (Å²) in [6, 6.07) is 2.79. The topological polar surface area (TPSA) is 112 Å². The zero-order valence-electron chi connectivity index (χ0n) is 11.2. The molecule has 7 nitrogen and oxygen atoms in total. The standard InChI is InChI=1S/C12H17N2O5S/c1-8(15)14(2)12-10(16)5-9(6-11(12)17)7-13-3-4-20(18)19/h5-6,16-17H,3-4,7H2,1-2H3,(H,18,19). The van der Waals surface area contributed by atoms with Crippen LogP contribution in [0.2, 0.25) is 0 Å². The van der Waals surface area contributed by atoms with Crippen LogP contribution in [0.1, 0.15) is 12.5 Å². The van der Waals surface area contributed by atoms with Crippen molar-refractivity contribution >= 4 is 22.7 Å². The number of carbonyl (C=O) groups is 1. The summed E-state index contributed by atoms with van der Waals surface area (Å²) in [7, 11) is 1.44. The fourth-order valence-corrected chi connectivity index (χ4v) is 1.89. The molecule has 0 aliphatic rings. The minimum atomic E-state index is -1.88. The molecule has 8 heteroatoms. The van der Waals surface area contributed by atoms with Gasteiger partial charge in [-0.1, -0.05) is 0 Å². The smallest absolute Gasteiger partial charge is 0.223 e. The number of phenolic OH excluding ortho intramolecular Hbond substituents is 2. The summed E-state index contributed by atoms with van der Waals surface area (Å²) in [6.45, 7) is 1.72. The fraction of sp³-hybridized carbons (Fsp3) is 0.417. The second-order valence-corrected chi connectivity index (χ2v) is 5.24. The summed E-state index contributed by atoms with van der Waals surface area (Å²) in [5.41, 5.74) is 0.585. The van der Waals surface area contributed by atoms with Gasteiger partial charge >= 0.3 is 0 Å². The molecule has 111 valence electrons. The fourth-order valence-electron chi connectivity index (χ4n) is 1.60. The summed E-state index contributed by atoms with van der Waals surface area (Å²) in [6.07, 6.45) is 0. The van der Waals surface area contributed by atoms with Gasteiger partial charge in [0.2, 0.25) is 5.91 Å². The Bertz CT molecular complexity index is 498. The number of aromatic hydroxyl groups is 2. The van der Waals surface area contributed by atoms with Crippen molar-refractivity contribution in [1.82, 2.24) is 5.32 Å². The zero-order valence-corrected chi connectivity index (χ0v) is 12.1. The maximum atomic E-state index is 11.2. The molecule has 1 aromatic carbocycles. The summed E-state index contributed by atoms with van der Waals surface area (Å²) in [5, 5.41) is 23.7. The predicted molar refractivity (Wildman–Crippen MR) is 75.2 cm³/mol. The molecule has 0 heterocycles. The second kappa shape index (κ2) is 7.22. The van der Waals surface area contributed by atoms with E-state index in [9.17, 15) is 19.2 Å². The van der Waals surface area contributed by atoms with E-state index < -0.39 is 11.1 Å². The molecule has 0 aliphatic heterocycles. The molecule has 0 spiro atoms. The number of hydrogen-bond acceptors (Lipinski definition) is 4. The van der Waals surface area contributed by atoms with Crippen molar-refractivity contribution in [1.29, 1.82) is 0 Å². The number of anilines is 1. The lowest BCUT2D eigenvalue weighted by Gasteiger charge is -2.18. The van der Waals surface area contributed by atoms with Crippen LogP contribution in [0.25, 0.3) is 0 Å². The number of hydrogen-bond donors (Lipinski definition) is 3. The summed E-state index contributed by atoms with van der Waals surface area (Å²) in [4.78, 5) is 12.4. The van der Waals surface area contributed by atoms with E-state index in [1.165, 1.54) is 26.1 Å². The Morgan fingerprint density at radius 2 is 1.90 bits per heavy atom. The van der Waals surface area contributed by atoms with Crippen LogP contribution in [0.3, 0.4) is 0 Å². The highest BCUT2D eigenvalue weighted by atomic mass is 32.2. The van der Waals surface area contributed by atoms with Crippen LogP contribution in [-0.2, 0) is 22.4 Å². The lowest BCUT2D eigenvalue weighted by atomic mass is 10.1. The minimum absolute atomic E-state index is 0.0395. The van der Waals surface area contributed by atoms with Crippen LogP contribution in [-0.4, -0.2) is 44.2 Å². The third kappa shape index (κ3) is 4.48. The third-order valence-corrected chi connectivity index (χ3v) is 3.19. The Kier molecular flexibility index (Phi) is 5.93. The Hall–Kier alpha value is -1.64. The predicted octanol–water partition coefficient (Wildman–Crippen LogP) is 0.407. The van der Waals surface area contributed by atoms with Crippen LogP contribution < -0.4 is 10.2 Å². The molecule has 1 atom stereocenters. The number of rotatable bonds is 6. The Morgan fingerprint density at radius 1 is 1.35 bits per heavy atom. The summed E-state index contributed by atoms with van der Waals surface area (Å²) >= 11 is -1.88. The van der Waals surface area contributed by atoms with E-state index in [1.807, 2.05) is 0 Å². The first-order valence-corrected chi connectivity index (χ1v) is 7.10. The molecule has 0 saturated carbocycles. The molecular formula is C12H17N2O5S. The average molecular weight is 301 g/mol. The van der Waals surface area contributed by atoms with E-state index in [4.69, 9.17) is 4.55 Å². The molecule has 1 rings (SSSR count). The van der Waals surface area contributed by atoms with Crippen LogP contribution in [0.4, 0.5) is 5.69 Å². The Morgan fingerprint density at radius 3 is 2.35 bits per heavy atom. The number of carbonyl (C=O) groups excluding carboxylic acids is 1. The molecular weight excluding hydrogens is 284 g/mol. The van der Waals surface area contributed by atoms with Crippen molar-refractivity contribution < 1.29 is 23.8 Å². The van der Waals surface area contributed by atoms with Gasteiger partial charge in [-0.15, -0.1) is 0 Å². The van der Waals surface area contributed by atoms with E-state index in [2.05, 4.69) is 5.32 Å². The van der Waals surface area contributed by atoms with Crippen LogP contribution in [0.5, 0.6) is 11.5 Å². The first kappa shape index (κ1) is 16.4. The SMILES string of the molecule is CC(=O)N(C)c1c(O)cc(C[N]CCS(=O)O)cc1O. The molecule has 1 radical (unpaired) electrons. The summed E-state index contributed by atoms with van der Waals surface area (Å²) < 4.78 is 19.0. The molecule has 1 amide bonds. The third-order valence-electron chi connectivity index (χ3n) is 2.66. The van der Waals surface area contributed by atoms with Crippen molar-refractivity contribution in [3.8, 4) is 11.5 Å². The van der Waals surface area contributed by atoms with Crippen LogP contribution in [0.15, 0.2) is 12.1 Å². The number of phenols is 2. The normalized spacial score (nSPS) is 12.2. The van der Waals surface area contributed by atoms with Crippen molar-refractivity contribution in [2.45, 2.75) is 13.5 Å². The maximum Gasteiger partial charge on any atom is 0.223 e. The monoisotopic (exact) mass is 301 g/mol. The van der Waals surface area contributed by atoms with E-state index in [0.29, 0.717) is 5.56 Å². The largest absolute Gasteiger partial charge is 0.506 e. The van der Waals surface area contributed by atoms with Crippen molar-refractivity contribution in [2.24, 2.45) is 0 Å². The van der Waals surface area contributed by atoms with Gasteiger partial charge in [0, 0.05) is 27.1 Å². The highest BCUT2D eigenvalue weighted by molar-refractivity contribution is 7.79. The lowest BCUT2D eigenvalue weighted by molar-refractivity contribution is -0.116. The van der Waals surface area contributed by atoms with Gasteiger partial charge < -0.3 is 19.7 Å². The highest BCUT2D eigenvalue weighted by Crippen LogP contribution is 2.37. The van der Waals surface area contributed by atoms with Gasteiger partial charge in [0.15, 0.2) is 11.1 Å². The quantitative estimate of drug-likeness (QED) is 0.520. The van der Waals surface area contributed by atoms with Gasteiger partial charge in [0.25, 0.3) is 0 Å². The molecule has 0 bridgehead atoms. The van der Waals surface area contributed by atoms with E-state index in [0.717, 1.165) is 4.90 Å². The molecule has 3 N–H and O–H groups in total. The maximum absolute atomic E-state index is 11.2. The first-order valence-electron chi connectivity index (χ1n) is 5.82. The number of amides is 1. The molecule has 0 fully saturated rings. The molecule has 0 aliphatic carbocycles. The Balaban J connectivity index is 2.78. The minimum Gasteiger partial charge on any atom is -0.506 e. The van der Waals surface area contributed by atoms with E-state index in [-0.39, 0.29) is 41.9 Å². The molecule has 1 aromatic rings. The van der Waals surface area contributed by atoms with Gasteiger partial charge in [0.05, 0.1) is 5.75 Å². The summed E-state index contributed by atoms with van der Waals surface area (Å²) in [5.74, 6) is -0.723. The molecule has 0 aromatic heterocycles. The highest BCUT2D eigenvalue weighted by Gasteiger charge is 2.16. The van der Waals surface area contributed by atoms with Gasteiger partial charge in [-0.25, -0.2) is 9.53 Å². The average Bonchev–Trinajstić information content (AvgIpc) is 2.33. The molecule has 0 saturated heterocycles. The van der Waals surface area contributed by atoms with Crippen molar-refractivity contribution in [2.75, 3.05) is 24.2 Å². The number of nitrogens with zero attached hydrogens (tertiary/aromatic N) is 2. The van der Waals surface area contributed by atoms with Gasteiger partial charge in [-0.3, -0.25) is 4.79 Å². The lowest BCUT2D eigenvalue weighted by Crippen LogP contribution is -2.23.